The smallest absolute Gasteiger partial charge is 0.244 e. The van der Waals surface area contributed by atoms with Crippen molar-refractivity contribution in [1.29, 1.82) is 0 Å². The van der Waals surface area contributed by atoms with Gasteiger partial charge in [-0.25, -0.2) is 4.99 Å². The lowest BCUT2D eigenvalue weighted by atomic mass is 10.00. The molecule has 0 aliphatic carbocycles. The van der Waals surface area contributed by atoms with Crippen LogP contribution in [0.5, 0.6) is 0 Å². The van der Waals surface area contributed by atoms with E-state index in [1.54, 1.807) is 0 Å². The van der Waals surface area contributed by atoms with Crippen LogP contribution < -0.4 is 5.32 Å². The number of nitrogens with zero attached hydrogens (tertiary/aromatic N) is 3. The Balaban J connectivity index is 0.00000338. The van der Waals surface area contributed by atoms with E-state index in [9.17, 15) is 4.79 Å². The van der Waals surface area contributed by atoms with Gasteiger partial charge in [-0.05, 0) is 38.2 Å². The molecular weight excluding hydrogens is 439 g/mol. The van der Waals surface area contributed by atoms with Crippen LogP contribution in [0.15, 0.2) is 35.3 Å². The first-order valence-corrected chi connectivity index (χ1v) is 9.49. The molecule has 1 saturated heterocycles. The molecule has 1 amide bonds. The molecule has 1 heterocycles. The van der Waals surface area contributed by atoms with E-state index in [0.717, 1.165) is 37.1 Å². The average Bonchev–Trinajstić information content (AvgIpc) is 2.64. The van der Waals surface area contributed by atoms with E-state index in [-0.39, 0.29) is 36.4 Å². The normalized spacial score (nSPS) is 15.3. The number of halogens is 1. The monoisotopic (exact) mass is 472 g/mol. The molecule has 1 aliphatic rings. The summed E-state index contributed by atoms with van der Waals surface area (Å²) in [4.78, 5) is 21.4. The van der Waals surface area contributed by atoms with E-state index in [2.05, 4.69) is 41.2 Å². The number of likely N-dealkylation sites (tertiary alicyclic amines) is 1. The fraction of sp³-hybridized carbons (Fsp3) is 0.600. The van der Waals surface area contributed by atoms with E-state index >= 15 is 0 Å². The Labute approximate surface area is 175 Å². The minimum atomic E-state index is 0. The van der Waals surface area contributed by atoms with Gasteiger partial charge in [-0.15, -0.1) is 24.0 Å². The number of carbonyl (C=O) groups is 1. The Morgan fingerprint density at radius 1 is 1.23 bits per heavy atom. The van der Waals surface area contributed by atoms with E-state index in [0.29, 0.717) is 13.1 Å². The summed E-state index contributed by atoms with van der Waals surface area (Å²) in [7, 11) is 0. The van der Waals surface area contributed by atoms with E-state index < -0.39 is 0 Å². The minimum Gasteiger partial charge on any atom is -0.357 e. The molecule has 2 rings (SSSR count). The zero-order chi connectivity index (χ0) is 18.1. The van der Waals surface area contributed by atoms with Gasteiger partial charge in [0.25, 0.3) is 0 Å². The highest BCUT2D eigenvalue weighted by Gasteiger charge is 2.19. The standard InChI is InChI=1S/C20H32N4O.HI/c1-4-21-20(24-13-11-17(3)12-14-24)22-15-19(25)23(5-2)16-18-9-7-6-8-10-18;/h6-10,17H,4-5,11-16H2,1-3H3,(H,21,22);1H. The van der Waals surface area contributed by atoms with Gasteiger partial charge in [0, 0.05) is 32.7 Å². The molecule has 0 saturated carbocycles. The van der Waals surface area contributed by atoms with Crippen LogP contribution in [0, 0.1) is 5.92 Å². The van der Waals surface area contributed by atoms with Crippen LogP contribution in [-0.2, 0) is 11.3 Å². The molecule has 26 heavy (non-hydrogen) atoms. The maximum absolute atomic E-state index is 12.6. The van der Waals surface area contributed by atoms with Gasteiger partial charge in [0.05, 0.1) is 0 Å². The number of guanidine groups is 1. The molecule has 1 aromatic carbocycles. The van der Waals surface area contributed by atoms with Crippen molar-refractivity contribution in [1.82, 2.24) is 15.1 Å². The highest BCUT2D eigenvalue weighted by molar-refractivity contribution is 14.0. The van der Waals surface area contributed by atoms with Gasteiger partial charge in [0.15, 0.2) is 5.96 Å². The summed E-state index contributed by atoms with van der Waals surface area (Å²) in [5.41, 5.74) is 1.15. The van der Waals surface area contributed by atoms with Gasteiger partial charge < -0.3 is 15.1 Å². The first kappa shape index (κ1) is 22.7. The van der Waals surface area contributed by atoms with Crippen molar-refractivity contribution in [2.45, 2.75) is 40.2 Å². The van der Waals surface area contributed by atoms with Crippen molar-refractivity contribution in [3.8, 4) is 0 Å². The van der Waals surface area contributed by atoms with E-state index in [1.807, 2.05) is 30.0 Å². The molecule has 1 aromatic rings. The lowest BCUT2D eigenvalue weighted by Crippen LogP contribution is -2.46. The van der Waals surface area contributed by atoms with Crippen molar-refractivity contribution in [2.24, 2.45) is 10.9 Å². The second kappa shape index (κ2) is 12.1. The molecule has 0 radical (unpaired) electrons. The number of aliphatic imine (C=N–C) groups is 1. The molecule has 1 fully saturated rings. The fourth-order valence-corrected chi connectivity index (χ4v) is 3.07. The lowest BCUT2D eigenvalue weighted by molar-refractivity contribution is -0.130. The third-order valence-electron chi connectivity index (χ3n) is 4.73. The van der Waals surface area contributed by atoms with Crippen LogP contribution in [-0.4, -0.2) is 54.4 Å². The number of carbonyl (C=O) groups excluding carboxylic acids is 1. The molecular formula is C20H33IN4O. The summed E-state index contributed by atoms with van der Waals surface area (Å²) >= 11 is 0. The van der Waals surface area contributed by atoms with Crippen LogP contribution in [0.1, 0.15) is 39.2 Å². The maximum Gasteiger partial charge on any atom is 0.244 e. The van der Waals surface area contributed by atoms with E-state index in [4.69, 9.17) is 0 Å². The molecule has 1 N–H and O–H groups in total. The number of amides is 1. The molecule has 0 bridgehead atoms. The van der Waals surface area contributed by atoms with Crippen LogP contribution >= 0.6 is 24.0 Å². The summed E-state index contributed by atoms with van der Waals surface area (Å²) in [5.74, 6) is 1.73. The van der Waals surface area contributed by atoms with Gasteiger partial charge in [-0.2, -0.15) is 0 Å². The molecule has 5 nitrogen and oxygen atoms in total. The SMILES string of the molecule is CCNC(=NCC(=O)N(CC)Cc1ccccc1)N1CCC(C)CC1.I. The molecule has 0 spiro atoms. The molecule has 1 aliphatic heterocycles. The maximum atomic E-state index is 12.6. The van der Waals surface area contributed by atoms with Crippen molar-refractivity contribution < 1.29 is 4.79 Å². The topological polar surface area (TPSA) is 47.9 Å². The first-order chi connectivity index (χ1) is 12.1. The minimum absolute atomic E-state index is 0. The van der Waals surface area contributed by atoms with Crippen molar-refractivity contribution in [3.05, 3.63) is 35.9 Å². The summed E-state index contributed by atoms with van der Waals surface area (Å²) in [5, 5.41) is 3.33. The van der Waals surface area contributed by atoms with Crippen LogP contribution in [0.2, 0.25) is 0 Å². The Hall–Kier alpha value is -1.31. The third kappa shape index (κ3) is 7.13. The number of rotatable bonds is 6. The number of nitrogens with one attached hydrogen (secondary N) is 1. The van der Waals surface area contributed by atoms with E-state index in [1.165, 1.54) is 12.8 Å². The molecule has 0 unspecified atom stereocenters. The summed E-state index contributed by atoms with van der Waals surface area (Å²) in [6, 6.07) is 10.1. The number of benzene rings is 1. The molecule has 6 heteroatoms. The van der Waals surface area contributed by atoms with Crippen LogP contribution in [0.25, 0.3) is 0 Å². The average molecular weight is 472 g/mol. The zero-order valence-corrected chi connectivity index (χ0v) is 18.6. The fourth-order valence-electron chi connectivity index (χ4n) is 3.07. The molecule has 0 atom stereocenters. The number of piperidine rings is 1. The second-order valence-corrected chi connectivity index (χ2v) is 6.73. The number of likely N-dealkylation sites (N-methyl/N-ethyl adjacent to an activating group) is 1. The van der Waals surface area contributed by atoms with Crippen LogP contribution in [0.3, 0.4) is 0 Å². The van der Waals surface area contributed by atoms with Crippen molar-refractivity contribution in [2.75, 3.05) is 32.7 Å². The van der Waals surface area contributed by atoms with Gasteiger partial charge in [0.2, 0.25) is 5.91 Å². The van der Waals surface area contributed by atoms with Crippen molar-refractivity contribution in [3.63, 3.8) is 0 Å². The first-order valence-electron chi connectivity index (χ1n) is 9.49. The highest BCUT2D eigenvalue weighted by Crippen LogP contribution is 2.16. The lowest BCUT2D eigenvalue weighted by Gasteiger charge is -2.33. The van der Waals surface area contributed by atoms with Gasteiger partial charge in [0.1, 0.15) is 6.54 Å². The Morgan fingerprint density at radius 2 is 1.88 bits per heavy atom. The Morgan fingerprint density at radius 3 is 2.46 bits per heavy atom. The van der Waals surface area contributed by atoms with Crippen molar-refractivity contribution >= 4 is 35.8 Å². The Kier molecular flexibility index (Phi) is 10.6. The predicted molar refractivity (Wildman–Crippen MR) is 119 cm³/mol. The van der Waals surface area contributed by atoms with Crippen LogP contribution in [0.4, 0.5) is 0 Å². The molecule has 146 valence electrons. The number of hydrogen-bond acceptors (Lipinski definition) is 2. The third-order valence-corrected chi connectivity index (χ3v) is 4.73. The van der Waals surface area contributed by atoms with Gasteiger partial charge in [-0.1, -0.05) is 37.3 Å². The zero-order valence-electron chi connectivity index (χ0n) is 16.3. The second-order valence-electron chi connectivity index (χ2n) is 6.73. The summed E-state index contributed by atoms with van der Waals surface area (Å²) in [6.07, 6.45) is 2.38. The Bertz CT molecular complexity index is 556. The summed E-state index contributed by atoms with van der Waals surface area (Å²) < 4.78 is 0. The van der Waals surface area contributed by atoms with Gasteiger partial charge >= 0.3 is 0 Å². The number of hydrogen-bond donors (Lipinski definition) is 1. The highest BCUT2D eigenvalue weighted by atomic mass is 127. The quantitative estimate of drug-likeness (QED) is 0.393. The largest absolute Gasteiger partial charge is 0.357 e. The summed E-state index contributed by atoms with van der Waals surface area (Å²) in [6.45, 7) is 10.8. The van der Waals surface area contributed by atoms with Gasteiger partial charge in [-0.3, -0.25) is 4.79 Å². The molecule has 0 aromatic heterocycles. The predicted octanol–water partition coefficient (Wildman–Crippen LogP) is 3.35.